The largest absolute Gasteiger partial charge is 0.496 e. The molecule has 1 aromatic carbocycles. The predicted molar refractivity (Wildman–Crippen MR) is 61.1 cm³/mol. The summed E-state index contributed by atoms with van der Waals surface area (Å²) >= 11 is 7.94. The third-order valence-corrected chi connectivity index (χ3v) is 3.81. The van der Waals surface area contributed by atoms with E-state index in [1.165, 1.54) is 0 Å². The minimum absolute atomic E-state index is 0.0337. The van der Waals surface area contributed by atoms with Crippen LogP contribution in [0, 0.1) is 0 Å². The molecule has 0 radical (unpaired) electrons. The van der Waals surface area contributed by atoms with E-state index in [4.69, 9.17) is 22.1 Å². The molecule has 14 heavy (non-hydrogen) atoms. The third-order valence-electron chi connectivity index (χ3n) is 2.40. The summed E-state index contributed by atoms with van der Waals surface area (Å²) in [6.07, 6.45) is 0. The van der Waals surface area contributed by atoms with E-state index in [0.717, 1.165) is 33.4 Å². The topological polar surface area (TPSA) is 35.2 Å². The first kappa shape index (κ1) is 10.1. The first-order valence-electron chi connectivity index (χ1n) is 4.42. The van der Waals surface area contributed by atoms with Gasteiger partial charge in [-0.15, -0.1) is 0 Å². The molecule has 0 aromatic heterocycles. The second-order valence-electron chi connectivity index (χ2n) is 3.26. The summed E-state index contributed by atoms with van der Waals surface area (Å²) in [7, 11) is 1.67. The molecule has 1 atom stereocenters. The number of methoxy groups -OCH3 is 1. The van der Waals surface area contributed by atoms with Crippen molar-refractivity contribution < 1.29 is 4.74 Å². The molecule has 2 rings (SSSR count). The van der Waals surface area contributed by atoms with Crippen molar-refractivity contribution >= 4 is 23.4 Å². The molecule has 0 saturated heterocycles. The van der Waals surface area contributed by atoms with Crippen molar-refractivity contribution in [2.24, 2.45) is 5.73 Å². The Morgan fingerprint density at radius 1 is 1.57 bits per heavy atom. The highest BCUT2D eigenvalue weighted by Gasteiger charge is 2.22. The van der Waals surface area contributed by atoms with E-state index in [1.54, 1.807) is 7.11 Å². The first-order chi connectivity index (χ1) is 6.74. The van der Waals surface area contributed by atoms with Gasteiger partial charge in [-0.1, -0.05) is 11.6 Å². The summed E-state index contributed by atoms with van der Waals surface area (Å²) in [5.41, 5.74) is 8.23. The van der Waals surface area contributed by atoms with E-state index in [-0.39, 0.29) is 6.04 Å². The zero-order valence-corrected chi connectivity index (χ0v) is 9.49. The van der Waals surface area contributed by atoms with Gasteiger partial charge in [0.2, 0.25) is 0 Å². The molecule has 4 heteroatoms. The standard InChI is InChI=1S/C10H12ClNOS/c1-13-9-3-2-7(11)10-6(9)4-14-5-8(10)12/h2-3,8H,4-5,12H2,1H3/t8-/m0/s1. The van der Waals surface area contributed by atoms with Crippen molar-refractivity contribution in [3.8, 4) is 5.75 Å². The molecular formula is C10H12ClNOS. The van der Waals surface area contributed by atoms with Gasteiger partial charge in [-0.05, 0) is 17.7 Å². The summed E-state index contributed by atoms with van der Waals surface area (Å²) in [6.45, 7) is 0. The summed E-state index contributed by atoms with van der Waals surface area (Å²) in [5.74, 6) is 2.76. The number of ether oxygens (including phenoxy) is 1. The fourth-order valence-electron chi connectivity index (χ4n) is 1.73. The second-order valence-corrected chi connectivity index (χ2v) is 4.70. The van der Waals surface area contributed by atoms with Gasteiger partial charge in [-0.2, -0.15) is 11.8 Å². The number of nitrogens with two attached hydrogens (primary N) is 1. The Morgan fingerprint density at radius 3 is 3.07 bits per heavy atom. The Bertz CT molecular complexity index is 356. The highest BCUT2D eigenvalue weighted by molar-refractivity contribution is 7.98. The number of benzene rings is 1. The summed E-state index contributed by atoms with van der Waals surface area (Å²) < 4.78 is 5.29. The van der Waals surface area contributed by atoms with Gasteiger partial charge in [-0.3, -0.25) is 0 Å². The number of halogens is 1. The van der Waals surface area contributed by atoms with Crippen molar-refractivity contribution in [2.45, 2.75) is 11.8 Å². The van der Waals surface area contributed by atoms with Crippen molar-refractivity contribution in [2.75, 3.05) is 12.9 Å². The summed E-state index contributed by atoms with van der Waals surface area (Å²) in [4.78, 5) is 0. The lowest BCUT2D eigenvalue weighted by atomic mass is 10.0. The van der Waals surface area contributed by atoms with Crippen LogP contribution >= 0.6 is 23.4 Å². The molecule has 0 spiro atoms. The van der Waals surface area contributed by atoms with Crippen LogP contribution in [0.1, 0.15) is 17.2 Å². The highest BCUT2D eigenvalue weighted by Crippen LogP contribution is 2.39. The zero-order chi connectivity index (χ0) is 10.1. The molecule has 1 heterocycles. The Hall–Kier alpha value is -0.380. The minimum atomic E-state index is 0.0337. The molecule has 2 N–H and O–H groups in total. The lowest BCUT2D eigenvalue weighted by Gasteiger charge is -2.24. The average Bonchev–Trinajstić information content (AvgIpc) is 2.18. The van der Waals surface area contributed by atoms with Gasteiger partial charge >= 0.3 is 0 Å². The quantitative estimate of drug-likeness (QED) is 0.804. The Labute approximate surface area is 92.8 Å². The van der Waals surface area contributed by atoms with E-state index in [1.807, 2.05) is 23.9 Å². The normalized spacial score (nSPS) is 20.4. The van der Waals surface area contributed by atoms with Crippen molar-refractivity contribution in [1.29, 1.82) is 0 Å². The molecule has 76 valence electrons. The van der Waals surface area contributed by atoms with Gasteiger partial charge in [0, 0.05) is 28.1 Å². The molecule has 0 unspecified atom stereocenters. The molecule has 1 aliphatic rings. The number of hydrogen-bond acceptors (Lipinski definition) is 3. The van der Waals surface area contributed by atoms with E-state index in [2.05, 4.69) is 0 Å². The molecular weight excluding hydrogens is 218 g/mol. The van der Waals surface area contributed by atoms with Gasteiger partial charge in [0.25, 0.3) is 0 Å². The maximum absolute atomic E-state index is 6.12. The Morgan fingerprint density at radius 2 is 2.36 bits per heavy atom. The number of hydrogen-bond donors (Lipinski definition) is 1. The predicted octanol–water partition coefficient (Wildman–Crippen LogP) is 2.60. The summed E-state index contributed by atoms with van der Waals surface area (Å²) in [5, 5.41) is 0.758. The Balaban J connectivity index is 2.57. The van der Waals surface area contributed by atoms with E-state index in [0.29, 0.717) is 0 Å². The van der Waals surface area contributed by atoms with Crippen LogP contribution < -0.4 is 10.5 Å². The minimum Gasteiger partial charge on any atom is -0.496 e. The zero-order valence-electron chi connectivity index (χ0n) is 7.92. The maximum Gasteiger partial charge on any atom is 0.123 e. The molecule has 0 amide bonds. The van der Waals surface area contributed by atoms with Crippen LogP contribution in [0.3, 0.4) is 0 Å². The van der Waals surface area contributed by atoms with Gasteiger partial charge in [0.15, 0.2) is 0 Å². The number of thioether (sulfide) groups is 1. The molecule has 1 aliphatic heterocycles. The molecule has 2 nitrogen and oxygen atoms in total. The highest BCUT2D eigenvalue weighted by atomic mass is 35.5. The van der Waals surface area contributed by atoms with Crippen LogP contribution in [-0.4, -0.2) is 12.9 Å². The van der Waals surface area contributed by atoms with E-state index in [9.17, 15) is 0 Å². The molecule has 0 saturated carbocycles. The van der Waals surface area contributed by atoms with Gasteiger partial charge in [0.1, 0.15) is 5.75 Å². The van der Waals surface area contributed by atoms with Crippen LogP contribution in [0.15, 0.2) is 12.1 Å². The molecule has 0 fully saturated rings. The second kappa shape index (κ2) is 4.01. The fourth-order valence-corrected chi connectivity index (χ4v) is 3.09. The molecule has 0 aliphatic carbocycles. The molecule has 1 aromatic rings. The van der Waals surface area contributed by atoms with E-state index < -0.39 is 0 Å². The average molecular weight is 230 g/mol. The third kappa shape index (κ3) is 1.60. The van der Waals surface area contributed by atoms with Crippen molar-refractivity contribution in [3.05, 3.63) is 28.3 Å². The maximum atomic E-state index is 6.12. The first-order valence-corrected chi connectivity index (χ1v) is 5.96. The van der Waals surface area contributed by atoms with Gasteiger partial charge < -0.3 is 10.5 Å². The van der Waals surface area contributed by atoms with Crippen LogP contribution in [0.25, 0.3) is 0 Å². The lowest BCUT2D eigenvalue weighted by molar-refractivity contribution is 0.410. The lowest BCUT2D eigenvalue weighted by Crippen LogP contribution is -2.19. The monoisotopic (exact) mass is 229 g/mol. The van der Waals surface area contributed by atoms with Crippen LogP contribution in [0.4, 0.5) is 0 Å². The Kier molecular flexibility index (Phi) is 2.91. The SMILES string of the molecule is COc1ccc(Cl)c2c1CSC[C@@H]2N. The van der Waals surface area contributed by atoms with E-state index >= 15 is 0 Å². The van der Waals surface area contributed by atoms with Crippen LogP contribution in [0.5, 0.6) is 5.75 Å². The van der Waals surface area contributed by atoms with Gasteiger partial charge in [-0.25, -0.2) is 0 Å². The molecule has 0 bridgehead atoms. The van der Waals surface area contributed by atoms with Crippen molar-refractivity contribution in [1.82, 2.24) is 0 Å². The fraction of sp³-hybridized carbons (Fsp3) is 0.400. The van der Waals surface area contributed by atoms with Crippen molar-refractivity contribution in [3.63, 3.8) is 0 Å². The number of rotatable bonds is 1. The smallest absolute Gasteiger partial charge is 0.123 e. The van der Waals surface area contributed by atoms with Gasteiger partial charge in [0.05, 0.1) is 7.11 Å². The van der Waals surface area contributed by atoms with Crippen LogP contribution in [-0.2, 0) is 5.75 Å². The number of fused-ring (bicyclic) bond motifs is 1. The summed E-state index contributed by atoms with van der Waals surface area (Å²) in [6, 6.07) is 3.79. The van der Waals surface area contributed by atoms with Crippen LogP contribution in [0.2, 0.25) is 5.02 Å².